The molecule has 0 unspecified atom stereocenters. The van der Waals surface area contributed by atoms with Crippen molar-refractivity contribution in [3.63, 3.8) is 0 Å². The molecule has 0 aromatic carbocycles. The second kappa shape index (κ2) is 4.91. The Morgan fingerprint density at radius 2 is 2.00 bits per heavy atom. The third kappa shape index (κ3) is 2.90. The van der Waals surface area contributed by atoms with E-state index in [2.05, 4.69) is 20.8 Å². The minimum Gasteiger partial charge on any atom is -0.300 e. The largest absolute Gasteiger partial charge is 0.300 e. The Morgan fingerprint density at radius 1 is 1.40 bits per heavy atom. The summed E-state index contributed by atoms with van der Waals surface area (Å²) < 4.78 is 0. The normalized spacial score (nSPS) is 32.1. The number of carbonyl (C=O) groups excluding carboxylic acids is 2. The third-order valence-electron chi connectivity index (χ3n) is 3.66. The molecule has 15 heavy (non-hydrogen) atoms. The van der Waals surface area contributed by atoms with Crippen LogP contribution in [0.5, 0.6) is 0 Å². The van der Waals surface area contributed by atoms with Crippen LogP contribution in [0.15, 0.2) is 0 Å². The van der Waals surface area contributed by atoms with Crippen LogP contribution < -0.4 is 0 Å². The number of ketones is 2. The van der Waals surface area contributed by atoms with Gasteiger partial charge in [-0.2, -0.15) is 0 Å². The molecule has 0 aromatic heterocycles. The first-order valence-electron chi connectivity index (χ1n) is 5.96. The molecule has 0 aromatic rings. The van der Waals surface area contributed by atoms with Crippen LogP contribution in [0, 0.1) is 23.7 Å². The zero-order chi connectivity index (χ0) is 11.6. The van der Waals surface area contributed by atoms with Crippen LogP contribution in [-0.4, -0.2) is 11.6 Å². The van der Waals surface area contributed by atoms with Crippen molar-refractivity contribution in [1.29, 1.82) is 0 Å². The summed E-state index contributed by atoms with van der Waals surface area (Å²) in [5.41, 5.74) is 0. The number of Topliss-reactive ketones (excluding diaryl/α,β-unsaturated/α-hetero) is 2. The van der Waals surface area contributed by atoms with E-state index in [1.807, 2.05) is 0 Å². The highest BCUT2D eigenvalue weighted by atomic mass is 16.1. The van der Waals surface area contributed by atoms with Crippen LogP contribution in [0.25, 0.3) is 0 Å². The molecule has 1 fully saturated rings. The van der Waals surface area contributed by atoms with Crippen LogP contribution in [-0.2, 0) is 9.59 Å². The van der Waals surface area contributed by atoms with Crippen LogP contribution in [0.4, 0.5) is 0 Å². The second-order valence-corrected chi connectivity index (χ2v) is 5.32. The van der Waals surface area contributed by atoms with Gasteiger partial charge in [0.2, 0.25) is 0 Å². The lowest BCUT2D eigenvalue weighted by Crippen LogP contribution is -2.37. The molecule has 0 heterocycles. The van der Waals surface area contributed by atoms with Crippen LogP contribution >= 0.6 is 0 Å². The van der Waals surface area contributed by atoms with Crippen molar-refractivity contribution >= 4 is 11.6 Å². The molecule has 0 radical (unpaired) electrons. The van der Waals surface area contributed by atoms with Crippen LogP contribution in [0.1, 0.15) is 47.0 Å². The molecule has 3 atom stereocenters. The molecule has 0 bridgehead atoms. The van der Waals surface area contributed by atoms with E-state index >= 15 is 0 Å². The van der Waals surface area contributed by atoms with Gasteiger partial charge in [0.1, 0.15) is 11.6 Å². The van der Waals surface area contributed by atoms with E-state index < -0.39 is 0 Å². The molecule has 86 valence electrons. The molecule has 1 saturated carbocycles. The zero-order valence-electron chi connectivity index (χ0n) is 10.2. The summed E-state index contributed by atoms with van der Waals surface area (Å²) in [5.74, 6) is 1.45. The van der Waals surface area contributed by atoms with Gasteiger partial charge in [-0.15, -0.1) is 0 Å². The minimum atomic E-state index is -0.0105. The lowest BCUT2D eigenvalue weighted by molar-refractivity contribution is -0.136. The smallest absolute Gasteiger partial charge is 0.140 e. The fourth-order valence-corrected chi connectivity index (χ4v) is 2.61. The van der Waals surface area contributed by atoms with Crippen LogP contribution in [0.3, 0.4) is 0 Å². The van der Waals surface area contributed by atoms with Crippen molar-refractivity contribution in [2.24, 2.45) is 23.7 Å². The maximum absolute atomic E-state index is 12.2. The summed E-state index contributed by atoms with van der Waals surface area (Å²) in [6.45, 7) is 7.88. The highest BCUT2D eigenvalue weighted by Gasteiger charge is 2.37. The highest BCUT2D eigenvalue weighted by Crippen LogP contribution is 2.36. The van der Waals surface area contributed by atoms with Gasteiger partial charge >= 0.3 is 0 Å². The van der Waals surface area contributed by atoms with E-state index in [1.54, 1.807) is 6.92 Å². The summed E-state index contributed by atoms with van der Waals surface area (Å²) in [6.07, 6.45) is 2.54. The molecule has 2 nitrogen and oxygen atoms in total. The monoisotopic (exact) mass is 210 g/mol. The summed E-state index contributed by atoms with van der Waals surface area (Å²) in [6, 6.07) is 0. The quantitative estimate of drug-likeness (QED) is 0.717. The van der Waals surface area contributed by atoms with Gasteiger partial charge in [-0.05, 0) is 31.6 Å². The van der Waals surface area contributed by atoms with Gasteiger partial charge in [-0.1, -0.05) is 20.8 Å². The molecule has 2 heteroatoms. The van der Waals surface area contributed by atoms with Gasteiger partial charge in [0.05, 0.1) is 0 Å². The highest BCUT2D eigenvalue weighted by molar-refractivity contribution is 5.89. The standard InChI is InChI=1S/C13H22O2/c1-8(2)11-6-5-9(3)12(13(11)15)7-10(4)14/h8-9,11-12H,5-7H2,1-4H3/t9-,11+,12+/m1/s1. The average molecular weight is 210 g/mol. The number of rotatable bonds is 3. The summed E-state index contributed by atoms with van der Waals surface area (Å²) in [7, 11) is 0. The molecular formula is C13H22O2. The van der Waals surface area contributed by atoms with Gasteiger partial charge in [0.25, 0.3) is 0 Å². The Balaban J connectivity index is 2.74. The van der Waals surface area contributed by atoms with E-state index in [9.17, 15) is 9.59 Å². The van der Waals surface area contributed by atoms with Crippen molar-refractivity contribution in [1.82, 2.24) is 0 Å². The minimum absolute atomic E-state index is 0.0105. The van der Waals surface area contributed by atoms with E-state index in [1.165, 1.54) is 0 Å². The molecule has 0 spiro atoms. The Kier molecular flexibility index (Phi) is 4.06. The predicted molar refractivity (Wildman–Crippen MR) is 60.5 cm³/mol. The van der Waals surface area contributed by atoms with Crippen LogP contribution in [0.2, 0.25) is 0 Å². The maximum atomic E-state index is 12.2. The molecule has 0 saturated heterocycles. The van der Waals surface area contributed by atoms with Crippen molar-refractivity contribution in [3.05, 3.63) is 0 Å². The van der Waals surface area contributed by atoms with Gasteiger partial charge in [-0.25, -0.2) is 0 Å². The van der Waals surface area contributed by atoms with Crippen molar-refractivity contribution in [2.45, 2.75) is 47.0 Å². The van der Waals surface area contributed by atoms with Gasteiger partial charge in [0.15, 0.2) is 0 Å². The van der Waals surface area contributed by atoms with Gasteiger partial charge in [-0.3, -0.25) is 4.79 Å². The van der Waals surface area contributed by atoms with Gasteiger partial charge in [0, 0.05) is 18.3 Å². The molecule has 0 N–H and O–H groups in total. The molecule has 0 aliphatic heterocycles. The van der Waals surface area contributed by atoms with E-state index in [0.29, 0.717) is 24.0 Å². The summed E-state index contributed by atoms with van der Waals surface area (Å²) in [4.78, 5) is 23.3. The fourth-order valence-electron chi connectivity index (χ4n) is 2.61. The average Bonchev–Trinajstić information content (AvgIpc) is 2.11. The number of hydrogen-bond acceptors (Lipinski definition) is 2. The van der Waals surface area contributed by atoms with Crippen molar-refractivity contribution < 1.29 is 9.59 Å². The van der Waals surface area contributed by atoms with E-state index in [-0.39, 0.29) is 17.6 Å². The molecule has 1 rings (SSSR count). The Morgan fingerprint density at radius 3 is 2.47 bits per heavy atom. The topological polar surface area (TPSA) is 34.1 Å². The Hall–Kier alpha value is -0.660. The first-order chi connectivity index (χ1) is 6.93. The Labute approximate surface area is 92.4 Å². The van der Waals surface area contributed by atoms with Crippen molar-refractivity contribution in [2.75, 3.05) is 0 Å². The van der Waals surface area contributed by atoms with E-state index in [0.717, 1.165) is 12.8 Å². The lowest BCUT2D eigenvalue weighted by atomic mass is 9.69. The second-order valence-electron chi connectivity index (χ2n) is 5.32. The zero-order valence-corrected chi connectivity index (χ0v) is 10.2. The summed E-state index contributed by atoms with van der Waals surface area (Å²) in [5, 5.41) is 0. The molecular weight excluding hydrogens is 188 g/mol. The van der Waals surface area contributed by atoms with Gasteiger partial charge < -0.3 is 4.79 Å². The Bertz CT molecular complexity index is 255. The maximum Gasteiger partial charge on any atom is 0.140 e. The molecule has 0 amide bonds. The number of carbonyl (C=O) groups is 2. The predicted octanol–water partition coefficient (Wildman–Crippen LogP) is 2.85. The first-order valence-corrected chi connectivity index (χ1v) is 5.96. The molecule has 1 aliphatic rings. The molecule has 1 aliphatic carbocycles. The SMILES string of the molecule is CC(=O)C[C@@H]1C(=O)[C@H](C(C)C)CC[C@H]1C. The summed E-state index contributed by atoms with van der Waals surface area (Å²) >= 11 is 0. The van der Waals surface area contributed by atoms with Crippen molar-refractivity contribution in [3.8, 4) is 0 Å². The third-order valence-corrected chi connectivity index (χ3v) is 3.66. The lowest BCUT2D eigenvalue weighted by Gasteiger charge is -2.34. The number of hydrogen-bond donors (Lipinski definition) is 0. The first kappa shape index (κ1) is 12.4. The van der Waals surface area contributed by atoms with E-state index in [4.69, 9.17) is 0 Å². The fraction of sp³-hybridized carbons (Fsp3) is 0.846.